The van der Waals surface area contributed by atoms with Gasteiger partial charge in [-0.2, -0.15) is 19.6 Å². The predicted octanol–water partition coefficient (Wildman–Crippen LogP) is 0.0430. The van der Waals surface area contributed by atoms with E-state index in [1.165, 1.54) is 0 Å². The van der Waals surface area contributed by atoms with Crippen LogP contribution < -0.4 is 0 Å². The fraction of sp³-hybridized carbons (Fsp3) is 1.00. The summed E-state index contributed by atoms with van der Waals surface area (Å²) in [6.45, 7) is 2.54. The molecule has 0 saturated carbocycles. The van der Waals surface area contributed by atoms with E-state index in [4.69, 9.17) is 19.2 Å². The van der Waals surface area contributed by atoms with Crippen LogP contribution in [-0.2, 0) is 29.0 Å². The van der Waals surface area contributed by atoms with Crippen LogP contribution in [0.5, 0.6) is 0 Å². The van der Waals surface area contributed by atoms with Crippen molar-refractivity contribution < 1.29 is 29.0 Å². The van der Waals surface area contributed by atoms with E-state index in [0.717, 1.165) is 6.42 Å². The molecule has 3 heterocycles. The average Bonchev–Trinajstić information content (AvgIpc) is 2.92. The molecule has 2 atom stereocenters. The number of rotatable bonds is 4. The first kappa shape index (κ1) is 7.19. The Labute approximate surface area is 68.1 Å². The van der Waals surface area contributed by atoms with Gasteiger partial charge in [-0.25, -0.2) is 0 Å². The molecule has 3 saturated heterocycles. The minimum absolute atomic E-state index is 0.497. The third-order valence-corrected chi connectivity index (χ3v) is 1.95. The standard InChI is InChI=1S/C6H8O6/c1-2-3-7-6-5(10-6,11-12-6)4-8-9-4/h4H,2-3H2,1H3. The quantitative estimate of drug-likeness (QED) is 0.445. The Kier molecular flexibility index (Phi) is 1.19. The fourth-order valence-corrected chi connectivity index (χ4v) is 1.18. The molecule has 0 amide bonds. The van der Waals surface area contributed by atoms with E-state index < -0.39 is 18.1 Å². The van der Waals surface area contributed by atoms with Crippen LogP contribution in [-0.4, -0.2) is 24.7 Å². The highest BCUT2D eigenvalue weighted by Gasteiger charge is 2.94. The van der Waals surface area contributed by atoms with Crippen molar-refractivity contribution >= 4 is 0 Å². The predicted molar refractivity (Wildman–Crippen MR) is 30.9 cm³/mol. The molecule has 0 N–H and O–H groups in total. The van der Waals surface area contributed by atoms with Crippen LogP contribution >= 0.6 is 0 Å². The monoisotopic (exact) mass is 176 g/mol. The second kappa shape index (κ2) is 1.98. The van der Waals surface area contributed by atoms with Gasteiger partial charge in [0.25, 0.3) is 6.29 Å². The first-order valence-corrected chi connectivity index (χ1v) is 3.86. The zero-order chi connectivity index (χ0) is 8.23. The van der Waals surface area contributed by atoms with Crippen LogP contribution in [0.1, 0.15) is 13.3 Å². The highest BCUT2D eigenvalue weighted by atomic mass is 17.5. The Morgan fingerprint density at radius 3 is 2.67 bits per heavy atom. The number of fused-ring (bicyclic) bond motifs is 1. The molecule has 6 heteroatoms. The van der Waals surface area contributed by atoms with Gasteiger partial charge in [0, 0.05) is 0 Å². The van der Waals surface area contributed by atoms with Crippen LogP contribution in [0.2, 0.25) is 0 Å². The lowest BCUT2D eigenvalue weighted by atomic mass is 10.3. The van der Waals surface area contributed by atoms with Gasteiger partial charge in [0.1, 0.15) is 0 Å². The summed E-state index contributed by atoms with van der Waals surface area (Å²) in [5, 5.41) is 0. The van der Waals surface area contributed by atoms with Gasteiger partial charge < -0.3 is 4.74 Å². The molecule has 68 valence electrons. The first-order valence-electron chi connectivity index (χ1n) is 3.86. The molecule has 0 spiro atoms. The highest BCUT2D eigenvalue weighted by Crippen LogP contribution is 2.64. The molecule has 3 fully saturated rings. The second-order valence-electron chi connectivity index (χ2n) is 2.87. The largest absolute Gasteiger partial charge is 0.379 e. The van der Waals surface area contributed by atoms with Crippen molar-refractivity contribution in [3.8, 4) is 0 Å². The lowest BCUT2D eigenvalue weighted by Gasteiger charge is -2.23. The second-order valence-corrected chi connectivity index (χ2v) is 2.87. The maximum absolute atomic E-state index is 5.26. The van der Waals surface area contributed by atoms with Gasteiger partial charge in [-0.3, -0.25) is 4.74 Å². The smallest absolute Gasteiger partial charge is 0.321 e. The van der Waals surface area contributed by atoms with E-state index in [1.807, 2.05) is 6.92 Å². The molecule has 3 aliphatic rings. The zero-order valence-corrected chi connectivity index (χ0v) is 6.44. The summed E-state index contributed by atoms with van der Waals surface area (Å²) in [7, 11) is 0. The number of hydrogen-bond donors (Lipinski definition) is 0. The van der Waals surface area contributed by atoms with Crippen LogP contribution in [0.3, 0.4) is 0 Å². The van der Waals surface area contributed by atoms with E-state index in [1.54, 1.807) is 0 Å². The molecular formula is C6H8O6. The molecule has 3 rings (SSSR count). The molecule has 0 aromatic carbocycles. The number of ether oxygens (including phenoxy) is 2. The fourth-order valence-electron chi connectivity index (χ4n) is 1.18. The van der Waals surface area contributed by atoms with Crippen molar-refractivity contribution in [2.24, 2.45) is 0 Å². The van der Waals surface area contributed by atoms with Gasteiger partial charge in [-0.1, -0.05) is 6.92 Å². The Morgan fingerprint density at radius 2 is 2.17 bits per heavy atom. The molecular weight excluding hydrogens is 168 g/mol. The van der Waals surface area contributed by atoms with Crippen molar-refractivity contribution in [3.05, 3.63) is 0 Å². The van der Waals surface area contributed by atoms with E-state index >= 15 is 0 Å². The summed E-state index contributed by atoms with van der Waals surface area (Å²) < 4.78 is 10.4. The molecule has 0 radical (unpaired) electrons. The van der Waals surface area contributed by atoms with Gasteiger partial charge in [-0.05, 0) is 6.42 Å². The molecule has 0 aromatic heterocycles. The van der Waals surface area contributed by atoms with E-state index in [-0.39, 0.29) is 0 Å². The molecule has 0 bridgehead atoms. The number of epoxide rings is 1. The summed E-state index contributed by atoms with van der Waals surface area (Å²) in [4.78, 5) is 18.5. The Hall–Kier alpha value is -0.240. The maximum atomic E-state index is 5.26. The van der Waals surface area contributed by atoms with Gasteiger partial charge in [0.15, 0.2) is 0 Å². The third kappa shape index (κ3) is 0.657. The lowest BCUT2D eigenvalue weighted by molar-refractivity contribution is -0.523. The SMILES string of the molecule is CCCOC12OOC1(C1OO1)O2. The normalized spacial score (nSPS) is 49.8. The van der Waals surface area contributed by atoms with E-state index in [2.05, 4.69) is 9.78 Å². The molecule has 0 aromatic rings. The average molecular weight is 176 g/mol. The number of hydrogen-bond acceptors (Lipinski definition) is 6. The lowest BCUT2D eigenvalue weighted by Crippen LogP contribution is -2.48. The maximum Gasteiger partial charge on any atom is 0.379 e. The summed E-state index contributed by atoms with van der Waals surface area (Å²) in [5.74, 6) is -1.99. The van der Waals surface area contributed by atoms with Crippen LogP contribution in [0.4, 0.5) is 0 Å². The Bertz CT molecular complexity index is 216. The molecule has 0 aliphatic carbocycles. The summed E-state index contributed by atoms with van der Waals surface area (Å²) in [6, 6.07) is 0. The van der Waals surface area contributed by atoms with Crippen molar-refractivity contribution in [1.29, 1.82) is 0 Å². The van der Waals surface area contributed by atoms with Gasteiger partial charge in [0.2, 0.25) is 0 Å². The van der Waals surface area contributed by atoms with Crippen LogP contribution in [0.15, 0.2) is 0 Å². The van der Waals surface area contributed by atoms with Crippen molar-refractivity contribution in [2.45, 2.75) is 31.4 Å². The van der Waals surface area contributed by atoms with Crippen molar-refractivity contribution in [2.75, 3.05) is 6.61 Å². The highest BCUT2D eigenvalue weighted by molar-refractivity contribution is 5.04. The molecule has 6 nitrogen and oxygen atoms in total. The van der Waals surface area contributed by atoms with Gasteiger partial charge in [-0.15, -0.1) is 0 Å². The van der Waals surface area contributed by atoms with E-state index in [0.29, 0.717) is 6.61 Å². The Balaban J connectivity index is 1.64. The molecule has 12 heavy (non-hydrogen) atoms. The topological polar surface area (TPSA) is 65.3 Å². The zero-order valence-electron chi connectivity index (χ0n) is 6.44. The summed E-state index contributed by atoms with van der Waals surface area (Å²) >= 11 is 0. The van der Waals surface area contributed by atoms with Gasteiger partial charge >= 0.3 is 11.8 Å². The van der Waals surface area contributed by atoms with Crippen LogP contribution in [0.25, 0.3) is 0 Å². The first-order chi connectivity index (χ1) is 5.83. The summed E-state index contributed by atoms with van der Waals surface area (Å²) in [5.41, 5.74) is 0. The minimum Gasteiger partial charge on any atom is -0.321 e. The summed E-state index contributed by atoms with van der Waals surface area (Å²) in [6.07, 6.45) is 0.389. The van der Waals surface area contributed by atoms with Crippen molar-refractivity contribution in [3.63, 3.8) is 0 Å². The minimum atomic E-state index is -1.05. The molecule has 2 unspecified atom stereocenters. The van der Waals surface area contributed by atoms with Crippen LogP contribution in [0, 0.1) is 0 Å². The van der Waals surface area contributed by atoms with Crippen molar-refractivity contribution in [1.82, 2.24) is 0 Å². The Morgan fingerprint density at radius 1 is 1.33 bits per heavy atom. The van der Waals surface area contributed by atoms with Gasteiger partial charge in [0.05, 0.1) is 6.61 Å². The third-order valence-electron chi connectivity index (χ3n) is 1.95. The van der Waals surface area contributed by atoms with E-state index in [9.17, 15) is 0 Å². The molecule has 3 aliphatic heterocycles.